The average Bonchev–Trinajstić information content (AvgIpc) is 3.19. The van der Waals surface area contributed by atoms with Crippen LogP contribution in [-0.4, -0.2) is 140 Å². The van der Waals surface area contributed by atoms with Crippen LogP contribution < -0.4 is 45.7 Å². The third-order valence-corrected chi connectivity index (χ3v) is 8.29. The van der Waals surface area contributed by atoms with Crippen molar-refractivity contribution in [3.8, 4) is 0 Å². The minimum atomic E-state index is -1.75. The van der Waals surface area contributed by atoms with Crippen LogP contribution in [0.4, 0.5) is 0 Å². The van der Waals surface area contributed by atoms with Gasteiger partial charge < -0.3 is 69.1 Å². The molecule has 0 saturated carbocycles. The minimum Gasteiger partial charge on any atom is -0.543 e. The third kappa shape index (κ3) is 10.9. The number of hydrogen-bond donors (Lipinski definition) is 3. The number of tetrazole rings is 1. The van der Waals surface area contributed by atoms with Gasteiger partial charge in [-0.3, -0.25) is 19.3 Å². The van der Waals surface area contributed by atoms with Crippen LogP contribution in [0.3, 0.4) is 0 Å². The van der Waals surface area contributed by atoms with Crippen LogP contribution in [0.5, 0.6) is 0 Å². The van der Waals surface area contributed by atoms with E-state index in [2.05, 4.69) is 20.8 Å². The number of nitrogens with zero attached hydrogens (tertiary/aromatic N) is 5. The Morgan fingerprint density at radius 3 is 2.29 bits per heavy atom. The maximum absolute atomic E-state index is 13.0. The van der Waals surface area contributed by atoms with E-state index in [1.165, 1.54) is 35.3 Å². The Morgan fingerprint density at radius 2 is 1.83 bits per heavy atom. The molecule has 1 saturated heterocycles. The molecule has 2 amide bonds. The number of carboxylic acid groups (broad SMARTS) is 2. The van der Waals surface area contributed by atoms with E-state index in [-0.39, 0.29) is 96.6 Å². The van der Waals surface area contributed by atoms with E-state index in [1.807, 2.05) is 0 Å². The predicted octanol–water partition coefficient (Wildman–Crippen LogP) is -11.9. The number of aromatic nitrogens is 4. The van der Waals surface area contributed by atoms with Gasteiger partial charge in [0.15, 0.2) is 0 Å². The number of nitrogens with one attached hydrogen (secondary N) is 1. The summed E-state index contributed by atoms with van der Waals surface area (Å²) >= 11 is 3.43. The molecule has 25 heteroatoms. The maximum atomic E-state index is 13.0. The van der Waals surface area contributed by atoms with E-state index < -0.39 is 40.9 Å². The number of ether oxygens (including phenoxy) is 1. The molecular weight excluding hydrogens is 633 g/mol. The number of fused-ring (bicyclic) bond motifs is 1. The zero-order chi connectivity index (χ0) is 24.3. The summed E-state index contributed by atoms with van der Waals surface area (Å²) < 4.78 is 6.78. The van der Waals surface area contributed by atoms with E-state index in [4.69, 9.17) is 15.6 Å². The summed E-state index contributed by atoms with van der Waals surface area (Å²) in [6.07, 6.45) is 0. The monoisotopic (exact) mass is 667 g/mol. The second kappa shape index (κ2) is 22.0. The minimum absolute atomic E-state index is 0. The predicted molar refractivity (Wildman–Crippen MR) is 141 cm³/mol. The van der Waals surface area contributed by atoms with E-state index in [0.717, 1.165) is 16.7 Å². The summed E-state index contributed by atoms with van der Waals surface area (Å²) in [6, 6.07) is -1.13. The summed E-state index contributed by atoms with van der Waals surface area (Å²) in [5.74, 6) is -3.73. The van der Waals surface area contributed by atoms with Crippen molar-refractivity contribution in [2.45, 2.75) is 22.3 Å². The summed E-state index contributed by atoms with van der Waals surface area (Å²) in [5.41, 5.74) is 3.84. The SMILES string of the molecule is COC1(NC(=O)CSCC(N)C(=O)O)C(=O)N2C(C(=O)[O-])=C(CSc3nnnn3C)CS[C@@H]21.O.O.O.O.O.O.O.[Na+]. The Kier molecular flexibility index (Phi) is 27.9. The van der Waals surface area contributed by atoms with Crippen LogP contribution in [0.2, 0.25) is 0 Å². The molecule has 0 spiro atoms. The normalized spacial score (nSPS) is 18.6. The number of carbonyl (C=O) groups excluding carboxylic acids is 3. The molecule has 2 unspecified atom stereocenters. The molecule has 0 aromatic carbocycles. The second-order valence-corrected chi connectivity index (χ2v) is 9.94. The number of nitrogens with two attached hydrogens (primary N) is 1. The van der Waals surface area contributed by atoms with Crippen LogP contribution in [0.25, 0.3) is 0 Å². The molecule has 0 bridgehead atoms. The number of aryl methyl sites for hydroxylation is 1. The molecule has 0 radical (unpaired) electrons. The standard InChI is InChI=1S/C16H21N7O7S3.Na.7H2O/c1-22-15(19-20-21-22)33-4-7-3-32-14-16(30-2,13(29)23(14)10(7)12(27)28)18-9(24)6-31-5-8(17)11(25)26;;;;;;;;/h8,14H,3-6,17H2,1-2H3,(H,18,24)(H,25,26)(H,27,28);;7*1H2/q;+1;;;;;;;/p-1/t8?,14-,16?;;;;;;;;/m1......../s1. The molecule has 41 heavy (non-hydrogen) atoms. The van der Waals surface area contributed by atoms with Crippen molar-refractivity contribution in [3.05, 3.63) is 11.3 Å². The Bertz CT molecular complexity index is 1020. The van der Waals surface area contributed by atoms with Crippen molar-refractivity contribution in [2.24, 2.45) is 12.8 Å². The van der Waals surface area contributed by atoms with Gasteiger partial charge in [0.05, 0.1) is 17.4 Å². The van der Waals surface area contributed by atoms with Crippen molar-refractivity contribution in [1.29, 1.82) is 0 Å². The van der Waals surface area contributed by atoms with Crippen LogP contribution in [0.15, 0.2) is 16.4 Å². The van der Waals surface area contributed by atoms with Crippen molar-refractivity contribution in [3.63, 3.8) is 0 Å². The molecule has 1 aromatic rings. The van der Waals surface area contributed by atoms with Gasteiger partial charge in [-0.1, -0.05) is 11.8 Å². The molecule has 18 N–H and O–H groups in total. The van der Waals surface area contributed by atoms with E-state index in [9.17, 15) is 24.3 Å². The third-order valence-electron chi connectivity index (χ3n) is 4.75. The van der Waals surface area contributed by atoms with Crippen LogP contribution in [0, 0.1) is 0 Å². The van der Waals surface area contributed by atoms with Crippen LogP contribution >= 0.6 is 35.3 Å². The molecule has 3 rings (SSSR count). The molecule has 1 fully saturated rings. The first kappa shape index (κ1) is 52.1. The number of rotatable bonds is 11. The summed E-state index contributed by atoms with van der Waals surface area (Å²) in [4.78, 5) is 49.1. The van der Waals surface area contributed by atoms with E-state index >= 15 is 0 Å². The average molecular weight is 668 g/mol. The molecular formula is C16H34N7NaO14S3. The van der Waals surface area contributed by atoms with Crippen molar-refractivity contribution in [1.82, 2.24) is 30.4 Å². The first-order valence-corrected chi connectivity index (χ1v) is 12.5. The molecule has 0 aliphatic carbocycles. The maximum Gasteiger partial charge on any atom is 1.00 e. The largest absolute Gasteiger partial charge is 1.00 e. The topological polar surface area (TPSA) is 426 Å². The van der Waals surface area contributed by atoms with E-state index in [0.29, 0.717) is 10.7 Å². The fraction of sp³-hybridized carbons (Fsp3) is 0.562. The number of hydrogen-bond acceptors (Lipinski definition) is 13. The van der Waals surface area contributed by atoms with Gasteiger partial charge in [-0.25, -0.2) is 4.68 Å². The number of aliphatic carboxylic acids is 2. The molecule has 236 valence electrons. The zero-order valence-corrected chi connectivity index (χ0v) is 26.4. The van der Waals surface area contributed by atoms with E-state index in [1.54, 1.807) is 7.05 Å². The smallest absolute Gasteiger partial charge is 0.543 e. The molecule has 3 heterocycles. The van der Waals surface area contributed by atoms with Gasteiger partial charge in [0.1, 0.15) is 11.4 Å². The number of carboxylic acids is 2. The van der Waals surface area contributed by atoms with Crippen LogP contribution in [0.1, 0.15) is 0 Å². The van der Waals surface area contributed by atoms with Crippen molar-refractivity contribution in [2.75, 3.05) is 30.1 Å². The molecule has 21 nitrogen and oxygen atoms in total. The summed E-state index contributed by atoms with van der Waals surface area (Å²) in [6.45, 7) is 0. The van der Waals surface area contributed by atoms with Gasteiger partial charge >= 0.3 is 35.5 Å². The number of β-lactam (4-membered cyclic amide) rings is 1. The van der Waals surface area contributed by atoms with Crippen LogP contribution in [-0.2, 0) is 31.0 Å². The van der Waals surface area contributed by atoms with Gasteiger partial charge in [-0.15, -0.1) is 28.6 Å². The summed E-state index contributed by atoms with van der Waals surface area (Å²) in [7, 11) is 2.88. The zero-order valence-electron chi connectivity index (χ0n) is 21.9. The van der Waals surface area contributed by atoms with Gasteiger partial charge in [-0.2, -0.15) is 0 Å². The first-order valence-electron chi connectivity index (χ1n) is 9.28. The fourth-order valence-corrected chi connectivity index (χ4v) is 6.33. The molecule has 3 atom stereocenters. The van der Waals surface area contributed by atoms with Crippen molar-refractivity contribution >= 4 is 59.0 Å². The number of carbonyl (C=O) groups is 4. The molecule has 2 aliphatic rings. The summed E-state index contributed by atoms with van der Waals surface area (Å²) in [5, 5.41) is 33.9. The Morgan fingerprint density at radius 1 is 1.24 bits per heavy atom. The number of methoxy groups -OCH3 is 1. The van der Waals surface area contributed by atoms with Gasteiger partial charge in [-0.05, 0) is 16.0 Å². The van der Waals surface area contributed by atoms with Crippen molar-refractivity contribution < 1.29 is 102 Å². The number of amides is 2. The number of thioether (sulfide) groups is 3. The quantitative estimate of drug-likeness (QED) is 0.0853. The van der Waals surface area contributed by atoms with Gasteiger partial charge in [0.25, 0.3) is 11.6 Å². The Labute approximate surface area is 266 Å². The van der Waals surface area contributed by atoms with Gasteiger partial charge in [0, 0.05) is 31.4 Å². The van der Waals surface area contributed by atoms with Gasteiger partial charge in [0.2, 0.25) is 11.1 Å². The molecule has 2 aliphatic heterocycles. The Hall–Kier alpha value is -1.62. The first-order chi connectivity index (χ1) is 15.6. The second-order valence-electron chi connectivity index (χ2n) is 6.90. The Balaban J connectivity index is -0.000000383. The fourth-order valence-electron chi connectivity index (χ4n) is 3.13. The molecule has 1 aromatic heterocycles.